The first-order valence-corrected chi connectivity index (χ1v) is 1.63. The van der Waals surface area contributed by atoms with Crippen LogP contribution in [0.25, 0.3) is 0 Å². The number of hydrogen-bond acceptors (Lipinski definition) is 2. The zero-order valence-corrected chi connectivity index (χ0v) is 3.43. The summed E-state index contributed by atoms with van der Waals surface area (Å²) in [6.45, 7) is 0. The first-order chi connectivity index (χ1) is 2.93. The fourth-order valence-corrected chi connectivity index (χ4v) is 0.216. The second kappa shape index (κ2) is 1.12. The van der Waals surface area contributed by atoms with E-state index in [-0.39, 0.29) is 0 Å². The average molecular weight is 82.1 g/mol. The van der Waals surface area contributed by atoms with Gasteiger partial charge in [-0.15, -0.1) is 0 Å². The van der Waals surface area contributed by atoms with Gasteiger partial charge in [-0.05, 0) is 12.4 Å². The van der Waals surface area contributed by atoms with Crippen LogP contribution in [0.2, 0.25) is 0 Å². The van der Waals surface area contributed by atoms with Gasteiger partial charge in [0.2, 0.25) is 0 Å². The number of rotatable bonds is 1. The van der Waals surface area contributed by atoms with E-state index in [2.05, 4.69) is 15.9 Å². The lowest BCUT2D eigenvalue weighted by Gasteiger charge is -2.09. The van der Waals surface area contributed by atoms with Gasteiger partial charge >= 0.3 is 0 Å². The van der Waals surface area contributed by atoms with E-state index < -0.39 is 0 Å². The van der Waals surface area contributed by atoms with Crippen molar-refractivity contribution in [2.24, 2.45) is 4.99 Å². The summed E-state index contributed by atoms with van der Waals surface area (Å²) in [6.07, 6.45) is 4.17. The standard InChI is InChI=1S/C4H4NO/c1-6-4-2-5-3-4/h2H,1H3/q-1. The Morgan fingerprint density at radius 1 is 2.00 bits per heavy atom. The number of ether oxygens (including phenoxy) is 1. The van der Waals surface area contributed by atoms with Crippen molar-refractivity contribution in [3.05, 3.63) is 12.0 Å². The fraction of sp³-hybridized carbons (Fsp3) is 0.250. The lowest BCUT2D eigenvalue weighted by Crippen LogP contribution is -1.92. The summed E-state index contributed by atoms with van der Waals surface area (Å²) in [5.74, 6) is 0.731. The second-order valence-electron chi connectivity index (χ2n) is 0.938. The Balaban J connectivity index is 2.37. The minimum atomic E-state index is 0.731. The van der Waals surface area contributed by atoms with Crippen LogP contribution < -0.4 is 0 Å². The van der Waals surface area contributed by atoms with E-state index in [1.54, 1.807) is 13.3 Å². The maximum atomic E-state index is 4.64. The smallest absolute Gasteiger partial charge is 0.0745 e. The molecule has 1 rings (SSSR count). The van der Waals surface area contributed by atoms with Crippen molar-refractivity contribution in [1.82, 2.24) is 0 Å². The lowest BCUT2D eigenvalue weighted by molar-refractivity contribution is 0.312. The van der Waals surface area contributed by atoms with Gasteiger partial charge in [0.1, 0.15) is 0 Å². The van der Waals surface area contributed by atoms with E-state index in [9.17, 15) is 0 Å². The molecule has 0 bridgehead atoms. The van der Waals surface area contributed by atoms with Gasteiger partial charge in [-0.25, -0.2) is 0 Å². The molecule has 2 heteroatoms. The molecule has 0 aromatic heterocycles. The third-order valence-corrected chi connectivity index (χ3v) is 0.576. The van der Waals surface area contributed by atoms with Crippen LogP contribution >= 0.6 is 0 Å². The van der Waals surface area contributed by atoms with Gasteiger partial charge in [-0.1, -0.05) is 0 Å². The SMILES string of the molecule is COC1=CN=[C-]1. The van der Waals surface area contributed by atoms with E-state index in [0.29, 0.717) is 0 Å². The van der Waals surface area contributed by atoms with Crippen LogP contribution in [0.15, 0.2) is 17.0 Å². The summed E-state index contributed by atoms with van der Waals surface area (Å²) < 4.78 is 4.64. The molecule has 0 saturated heterocycles. The highest BCUT2D eigenvalue weighted by molar-refractivity contribution is 5.81. The van der Waals surface area contributed by atoms with Gasteiger partial charge < -0.3 is 9.73 Å². The molecule has 32 valence electrons. The Morgan fingerprint density at radius 2 is 2.67 bits per heavy atom. The minimum absolute atomic E-state index is 0.731. The van der Waals surface area contributed by atoms with Gasteiger partial charge in [-0.3, -0.25) is 0 Å². The Labute approximate surface area is 36.1 Å². The molecule has 1 aliphatic heterocycles. The van der Waals surface area contributed by atoms with Gasteiger partial charge in [0.25, 0.3) is 0 Å². The zero-order chi connectivity index (χ0) is 4.41. The van der Waals surface area contributed by atoms with Gasteiger partial charge in [-0.2, -0.15) is 0 Å². The van der Waals surface area contributed by atoms with Gasteiger partial charge in [0.15, 0.2) is 0 Å². The summed E-state index contributed by atoms with van der Waals surface area (Å²) >= 11 is 0. The van der Waals surface area contributed by atoms with Crippen molar-refractivity contribution >= 4 is 6.21 Å². The maximum absolute atomic E-state index is 4.64. The molecule has 0 saturated carbocycles. The normalized spacial score (nSPS) is 15.8. The molecule has 0 unspecified atom stereocenters. The molecule has 0 aliphatic carbocycles. The maximum Gasteiger partial charge on any atom is 0.0745 e. The monoisotopic (exact) mass is 82.0 g/mol. The Morgan fingerprint density at radius 3 is 2.67 bits per heavy atom. The third-order valence-electron chi connectivity index (χ3n) is 0.576. The highest BCUT2D eigenvalue weighted by atomic mass is 16.5. The van der Waals surface area contributed by atoms with Crippen LogP contribution in [-0.4, -0.2) is 13.3 Å². The molecule has 2 nitrogen and oxygen atoms in total. The quantitative estimate of drug-likeness (QED) is 0.420. The van der Waals surface area contributed by atoms with E-state index in [1.807, 2.05) is 0 Å². The Hall–Kier alpha value is -0.790. The van der Waals surface area contributed by atoms with Gasteiger partial charge in [0, 0.05) is 5.76 Å². The van der Waals surface area contributed by atoms with Crippen molar-refractivity contribution in [2.75, 3.05) is 7.11 Å². The summed E-state index contributed by atoms with van der Waals surface area (Å²) in [4.78, 5) is 3.53. The van der Waals surface area contributed by atoms with Crippen molar-refractivity contribution in [1.29, 1.82) is 0 Å². The molecule has 0 radical (unpaired) electrons. The van der Waals surface area contributed by atoms with E-state index in [4.69, 9.17) is 0 Å². The van der Waals surface area contributed by atoms with E-state index in [0.717, 1.165) is 5.76 Å². The van der Waals surface area contributed by atoms with Crippen molar-refractivity contribution < 1.29 is 4.74 Å². The number of hydrogen-bond donors (Lipinski definition) is 0. The summed E-state index contributed by atoms with van der Waals surface area (Å²) in [7, 11) is 1.59. The number of allylic oxidation sites excluding steroid dienone is 1. The Bertz CT molecular complexity index is 104. The number of methoxy groups -OCH3 is 1. The van der Waals surface area contributed by atoms with Crippen LogP contribution in [-0.2, 0) is 4.74 Å². The molecule has 0 aromatic rings. The average Bonchev–Trinajstić information content (AvgIpc) is 1.31. The molecule has 0 spiro atoms. The largest absolute Gasteiger partial charge is 0.520 e. The summed E-state index contributed by atoms with van der Waals surface area (Å²) in [6, 6.07) is 0. The fourth-order valence-electron chi connectivity index (χ4n) is 0.216. The second-order valence-corrected chi connectivity index (χ2v) is 0.938. The zero-order valence-electron chi connectivity index (χ0n) is 3.43. The van der Waals surface area contributed by atoms with Crippen LogP contribution in [0.1, 0.15) is 0 Å². The minimum Gasteiger partial charge on any atom is -0.520 e. The van der Waals surface area contributed by atoms with E-state index in [1.165, 1.54) is 0 Å². The first kappa shape index (κ1) is 3.40. The number of aliphatic imine (C=N–C) groups is 1. The van der Waals surface area contributed by atoms with Crippen LogP contribution in [0.4, 0.5) is 0 Å². The molecular formula is C4H4NO-. The topological polar surface area (TPSA) is 21.6 Å². The lowest BCUT2D eigenvalue weighted by atomic mass is 10.5. The van der Waals surface area contributed by atoms with Gasteiger partial charge in [0.05, 0.1) is 7.11 Å². The molecule has 0 N–H and O–H groups in total. The molecule has 0 amide bonds. The molecule has 0 aromatic carbocycles. The molecule has 6 heavy (non-hydrogen) atoms. The molecule has 1 aliphatic rings. The predicted octanol–water partition coefficient (Wildman–Crippen LogP) is 0.436. The van der Waals surface area contributed by atoms with Crippen molar-refractivity contribution in [3.63, 3.8) is 0 Å². The summed E-state index contributed by atoms with van der Waals surface area (Å²) in [5.41, 5.74) is 0. The molecular weight excluding hydrogens is 78.0 g/mol. The number of nitrogens with zero attached hydrogens (tertiary/aromatic N) is 1. The first-order valence-electron chi connectivity index (χ1n) is 1.63. The van der Waals surface area contributed by atoms with E-state index >= 15 is 0 Å². The van der Waals surface area contributed by atoms with Crippen LogP contribution in [0, 0.1) is 0 Å². The molecule has 1 heterocycles. The third kappa shape index (κ3) is 0.302. The predicted molar refractivity (Wildman–Crippen MR) is 22.5 cm³/mol. The van der Waals surface area contributed by atoms with Crippen LogP contribution in [0.3, 0.4) is 0 Å². The van der Waals surface area contributed by atoms with Crippen LogP contribution in [0.5, 0.6) is 0 Å². The Kier molecular flexibility index (Phi) is 0.638. The van der Waals surface area contributed by atoms with Crippen molar-refractivity contribution in [3.8, 4) is 0 Å². The molecule has 0 fully saturated rings. The summed E-state index contributed by atoms with van der Waals surface area (Å²) in [5, 5.41) is 0. The van der Waals surface area contributed by atoms with Crippen molar-refractivity contribution in [2.45, 2.75) is 0 Å². The highest BCUT2D eigenvalue weighted by Gasteiger charge is 1.83. The highest BCUT2D eigenvalue weighted by Crippen LogP contribution is 1.98. The molecule has 0 atom stereocenters.